The second-order valence-electron chi connectivity index (χ2n) is 3.29. The summed E-state index contributed by atoms with van der Waals surface area (Å²) in [4.78, 5) is 21.5. The normalized spacial score (nSPS) is 11.9. The lowest BCUT2D eigenvalue weighted by atomic mass is 10.3. The Kier molecular flexibility index (Phi) is 4.90. The highest BCUT2D eigenvalue weighted by Crippen LogP contribution is 2.14. The Morgan fingerprint density at radius 1 is 1.28 bits per heavy atom. The molecule has 1 rings (SSSR count). The zero-order chi connectivity index (χ0) is 13.7. The number of carboxylic acids is 1. The molecule has 0 aliphatic heterocycles. The molecule has 18 heavy (non-hydrogen) atoms. The lowest BCUT2D eigenvalue weighted by Gasteiger charge is -2.05. The first-order valence-electron chi connectivity index (χ1n) is 4.70. The summed E-state index contributed by atoms with van der Waals surface area (Å²) in [6.45, 7) is 0. The topological polar surface area (TPSA) is 83.5 Å². The monoisotopic (exact) mass is 277 g/mol. The molecule has 98 valence electrons. The molecule has 2 N–H and O–H groups in total. The maximum absolute atomic E-state index is 13.1. The van der Waals surface area contributed by atoms with Crippen molar-refractivity contribution in [3.8, 4) is 0 Å². The van der Waals surface area contributed by atoms with Crippen molar-refractivity contribution in [1.29, 1.82) is 0 Å². The number of anilines is 1. The van der Waals surface area contributed by atoms with Gasteiger partial charge in [-0.05, 0) is 12.1 Å². The Balaban J connectivity index is 2.59. The number of amides is 1. The van der Waals surface area contributed by atoms with Gasteiger partial charge in [0.05, 0.1) is 5.69 Å². The average Bonchev–Trinajstić information content (AvgIpc) is 2.20. The lowest BCUT2D eigenvalue weighted by Crippen LogP contribution is -2.23. The number of aliphatic carboxylic acids is 1. The van der Waals surface area contributed by atoms with E-state index in [0.717, 1.165) is 12.1 Å². The highest BCUT2D eigenvalue weighted by Gasteiger charge is 2.13. The molecule has 1 amide bonds. The van der Waals surface area contributed by atoms with Gasteiger partial charge in [-0.3, -0.25) is 13.8 Å². The van der Waals surface area contributed by atoms with Crippen LogP contribution in [0, 0.1) is 11.6 Å². The van der Waals surface area contributed by atoms with Gasteiger partial charge in [-0.25, -0.2) is 8.78 Å². The van der Waals surface area contributed by atoms with Crippen LogP contribution >= 0.6 is 0 Å². The summed E-state index contributed by atoms with van der Waals surface area (Å²) in [5.41, 5.74) is -0.256. The maximum Gasteiger partial charge on any atom is 0.316 e. The van der Waals surface area contributed by atoms with Gasteiger partial charge >= 0.3 is 5.97 Å². The first-order chi connectivity index (χ1) is 8.38. The van der Waals surface area contributed by atoms with Crippen LogP contribution < -0.4 is 5.32 Å². The number of carbonyl (C=O) groups is 2. The Labute approximate surface area is 103 Å². The summed E-state index contributed by atoms with van der Waals surface area (Å²) in [6, 6.07) is 2.55. The van der Waals surface area contributed by atoms with Crippen LogP contribution in [0.15, 0.2) is 18.2 Å². The second kappa shape index (κ2) is 6.20. The molecular weight excluding hydrogens is 268 g/mol. The predicted octanol–water partition coefficient (Wildman–Crippen LogP) is 0.737. The Bertz CT molecular complexity index is 507. The van der Waals surface area contributed by atoms with E-state index in [2.05, 4.69) is 5.32 Å². The van der Waals surface area contributed by atoms with E-state index in [9.17, 15) is 22.6 Å². The fraction of sp³-hybridized carbons (Fsp3) is 0.200. The van der Waals surface area contributed by atoms with Gasteiger partial charge in [0, 0.05) is 16.9 Å². The number of carboxylic acid groups (broad SMARTS) is 1. The van der Waals surface area contributed by atoms with E-state index in [1.165, 1.54) is 0 Å². The molecule has 0 heterocycles. The summed E-state index contributed by atoms with van der Waals surface area (Å²) >= 11 is 0. The van der Waals surface area contributed by atoms with Crippen LogP contribution in [0.25, 0.3) is 0 Å². The Morgan fingerprint density at radius 2 is 1.94 bits per heavy atom. The van der Waals surface area contributed by atoms with Gasteiger partial charge in [-0.2, -0.15) is 0 Å². The minimum Gasteiger partial charge on any atom is -0.481 e. The van der Waals surface area contributed by atoms with Crippen LogP contribution in [0.2, 0.25) is 0 Å². The van der Waals surface area contributed by atoms with Gasteiger partial charge < -0.3 is 10.4 Å². The Hall–Kier alpha value is -1.83. The van der Waals surface area contributed by atoms with Crippen LogP contribution in [0.1, 0.15) is 0 Å². The van der Waals surface area contributed by atoms with E-state index < -0.39 is 45.8 Å². The first-order valence-corrected chi connectivity index (χ1v) is 6.19. The molecule has 5 nitrogen and oxygen atoms in total. The average molecular weight is 277 g/mol. The van der Waals surface area contributed by atoms with Crippen LogP contribution in [0.4, 0.5) is 14.5 Å². The Morgan fingerprint density at radius 3 is 2.50 bits per heavy atom. The standard InChI is InChI=1S/C10H9F2NO4S/c11-6-1-2-8(7(12)3-6)13-9(14)4-18(17)5-10(15)16/h1-3H,4-5H2,(H,13,14)(H,15,16). The van der Waals surface area contributed by atoms with Crippen molar-refractivity contribution < 1.29 is 27.7 Å². The van der Waals surface area contributed by atoms with Crippen LogP contribution in [-0.2, 0) is 20.4 Å². The maximum atomic E-state index is 13.1. The molecule has 0 aliphatic carbocycles. The van der Waals surface area contributed by atoms with Crippen molar-refractivity contribution in [3.63, 3.8) is 0 Å². The van der Waals surface area contributed by atoms with Crippen LogP contribution in [0.3, 0.4) is 0 Å². The summed E-state index contributed by atoms with van der Waals surface area (Å²) in [7, 11) is -1.87. The molecule has 0 radical (unpaired) electrons. The third-order valence-corrected chi connectivity index (χ3v) is 2.93. The third-order valence-electron chi connectivity index (χ3n) is 1.78. The number of nitrogens with one attached hydrogen (secondary N) is 1. The van der Waals surface area contributed by atoms with Crippen molar-refractivity contribution in [3.05, 3.63) is 29.8 Å². The van der Waals surface area contributed by atoms with Crippen molar-refractivity contribution >= 4 is 28.4 Å². The summed E-state index contributed by atoms with van der Waals surface area (Å²) < 4.78 is 36.8. The zero-order valence-corrected chi connectivity index (χ0v) is 9.80. The lowest BCUT2D eigenvalue weighted by molar-refractivity contribution is -0.133. The summed E-state index contributed by atoms with van der Waals surface area (Å²) in [6.07, 6.45) is 0. The van der Waals surface area contributed by atoms with Gasteiger partial charge in [0.15, 0.2) is 0 Å². The largest absolute Gasteiger partial charge is 0.481 e. The van der Waals surface area contributed by atoms with Gasteiger partial charge in [0.1, 0.15) is 23.1 Å². The molecule has 0 aromatic heterocycles. The number of halogens is 2. The van der Waals surface area contributed by atoms with Crippen molar-refractivity contribution in [2.24, 2.45) is 0 Å². The van der Waals surface area contributed by atoms with Gasteiger partial charge in [0.2, 0.25) is 5.91 Å². The van der Waals surface area contributed by atoms with Crippen molar-refractivity contribution in [2.75, 3.05) is 16.8 Å². The molecule has 0 aliphatic rings. The molecule has 0 bridgehead atoms. The van der Waals surface area contributed by atoms with Crippen molar-refractivity contribution in [2.45, 2.75) is 0 Å². The molecule has 1 unspecified atom stereocenters. The van der Waals surface area contributed by atoms with Crippen LogP contribution in [0.5, 0.6) is 0 Å². The SMILES string of the molecule is O=C(O)CS(=O)CC(=O)Nc1ccc(F)cc1F. The minimum absolute atomic E-state index is 0.256. The number of hydrogen-bond acceptors (Lipinski definition) is 3. The second-order valence-corrected chi connectivity index (χ2v) is 4.75. The van der Waals surface area contributed by atoms with E-state index in [0.29, 0.717) is 6.07 Å². The first kappa shape index (κ1) is 14.2. The number of rotatable bonds is 5. The van der Waals surface area contributed by atoms with E-state index in [1.54, 1.807) is 0 Å². The fourth-order valence-electron chi connectivity index (χ4n) is 1.11. The van der Waals surface area contributed by atoms with Crippen molar-refractivity contribution in [1.82, 2.24) is 0 Å². The summed E-state index contributed by atoms with van der Waals surface area (Å²) in [5.74, 6) is -5.09. The smallest absolute Gasteiger partial charge is 0.316 e. The van der Waals surface area contributed by atoms with E-state index in [1.807, 2.05) is 0 Å². The zero-order valence-electron chi connectivity index (χ0n) is 8.98. The van der Waals surface area contributed by atoms with Crippen LogP contribution in [-0.4, -0.2) is 32.7 Å². The number of benzene rings is 1. The fourth-order valence-corrected chi connectivity index (χ4v) is 1.85. The van der Waals surface area contributed by atoms with Gasteiger partial charge in [-0.15, -0.1) is 0 Å². The quantitative estimate of drug-likeness (QED) is 0.831. The highest BCUT2D eigenvalue weighted by atomic mass is 32.2. The molecule has 1 aromatic rings. The molecule has 1 aromatic carbocycles. The third kappa shape index (κ3) is 4.58. The van der Waals surface area contributed by atoms with E-state index in [-0.39, 0.29) is 5.69 Å². The summed E-state index contributed by atoms with van der Waals surface area (Å²) in [5, 5.41) is 10.4. The molecule has 8 heteroatoms. The van der Waals surface area contributed by atoms with E-state index in [4.69, 9.17) is 5.11 Å². The number of hydrogen-bond donors (Lipinski definition) is 2. The van der Waals surface area contributed by atoms with E-state index >= 15 is 0 Å². The number of carbonyl (C=O) groups excluding carboxylic acids is 1. The van der Waals surface area contributed by atoms with Gasteiger partial charge in [0.25, 0.3) is 0 Å². The molecule has 0 saturated carbocycles. The van der Waals surface area contributed by atoms with Gasteiger partial charge in [-0.1, -0.05) is 0 Å². The molecule has 0 spiro atoms. The molecule has 0 saturated heterocycles. The highest BCUT2D eigenvalue weighted by molar-refractivity contribution is 7.86. The molecule has 0 fully saturated rings. The molecule has 1 atom stereocenters. The molecular formula is C10H9F2NO4S. The minimum atomic E-state index is -1.87. The predicted molar refractivity (Wildman–Crippen MR) is 60.5 cm³/mol.